The van der Waals surface area contributed by atoms with E-state index in [0.717, 1.165) is 31.9 Å². The van der Waals surface area contributed by atoms with Crippen LogP contribution in [-0.4, -0.2) is 42.3 Å². The van der Waals surface area contributed by atoms with Gasteiger partial charge in [-0.2, -0.15) is 4.39 Å². The Balaban J connectivity index is 1.73. The number of carbonyl (C=O) groups excluding carboxylic acids is 1. The average Bonchev–Trinajstić information content (AvgIpc) is 3.49. The predicted molar refractivity (Wildman–Crippen MR) is 128 cm³/mol. The highest BCUT2D eigenvalue weighted by Gasteiger charge is 2.34. The van der Waals surface area contributed by atoms with Gasteiger partial charge in [-0.3, -0.25) is 9.59 Å². The van der Waals surface area contributed by atoms with Crippen molar-refractivity contribution in [3.8, 4) is 0 Å². The molecule has 34 heavy (non-hydrogen) atoms. The first-order chi connectivity index (χ1) is 16.2. The molecule has 1 unspecified atom stereocenters. The number of sulfone groups is 1. The minimum atomic E-state index is -3.63. The van der Waals surface area contributed by atoms with Gasteiger partial charge in [-0.05, 0) is 57.4 Å². The molecule has 11 heteroatoms. The van der Waals surface area contributed by atoms with E-state index in [1.54, 1.807) is 13.8 Å². The van der Waals surface area contributed by atoms with Crippen molar-refractivity contribution < 1.29 is 22.3 Å². The van der Waals surface area contributed by atoms with Crippen LogP contribution in [0, 0.1) is 24.9 Å². The van der Waals surface area contributed by atoms with Crippen molar-refractivity contribution in [2.45, 2.75) is 75.0 Å². The summed E-state index contributed by atoms with van der Waals surface area (Å²) in [6, 6.07) is 0.285. The van der Waals surface area contributed by atoms with Crippen molar-refractivity contribution >= 4 is 32.2 Å². The van der Waals surface area contributed by atoms with Gasteiger partial charge in [-0.15, -0.1) is 0 Å². The summed E-state index contributed by atoms with van der Waals surface area (Å²) < 4.78 is 46.7. The molecule has 1 amide bonds. The van der Waals surface area contributed by atoms with Crippen LogP contribution < -0.4 is 10.9 Å². The summed E-state index contributed by atoms with van der Waals surface area (Å²) >= 11 is 0.710. The first kappa shape index (κ1) is 25.0. The highest BCUT2D eigenvalue weighted by atomic mass is 32.2. The Bertz CT molecular complexity index is 1210. The van der Waals surface area contributed by atoms with E-state index in [0.29, 0.717) is 55.1 Å². The molecular weight excluding hydrogens is 481 g/mol. The first-order valence-electron chi connectivity index (χ1n) is 11.6. The van der Waals surface area contributed by atoms with E-state index in [1.165, 1.54) is 10.6 Å². The Morgan fingerprint density at radius 3 is 2.56 bits per heavy atom. The second kappa shape index (κ2) is 10.2. The van der Waals surface area contributed by atoms with Crippen molar-refractivity contribution in [3.05, 3.63) is 39.0 Å². The summed E-state index contributed by atoms with van der Waals surface area (Å²) in [4.78, 5) is 30.6. The molecule has 1 saturated carbocycles. The second-order valence-corrected chi connectivity index (χ2v) is 12.3. The number of anilines is 1. The monoisotopic (exact) mass is 511 g/mol. The maximum absolute atomic E-state index is 13.4. The van der Waals surface area contributed by atoms with E-state index in [2.05, 4.69) is 10.3 Å². The van der Waals surface area contributed by atoms with Crippen LogP contribution in [0.4, 0.5) is 9.52 Å². The molecule has 2 aromatic rings. The Morgan fingerprint density at radius 1 is 1.26 bits per heavy atom. The number of nitrogens with zero attached hydrogens (tertiary/aromatic N) is 2. The predicted octanol–water partition coefficient (Wildman–Crippen LogP) is 3.77. The summed E-state index contributed by atoms with van der Waals surface area (Å²) in [5, 5.41) is 1.75. The van der Waals surface area contributed by atoms with Gasteiger partial charge >= 0.3 is 0 Å². The molecule has 2 fully saturated rings. The molecule has 1 saturated heterocycles. The second-order valence-electron chi connectivity index (χ2n) is 9.14. The lowest BCUT2D eigenvalue weighted by molar-refractivity contribution is -0.120. The molecule has 0 bridgehead atoms. The van der Waals surface area contributed by atoms with Gasteiger partial charge in [0.05, 0.1) is 16.3 Å². The Morgan fingerprint density at radius 2 is 1.94 bits per heavy atom. The van der Waals surface area contributed by atoms with Gasteiger partial charge in [0, 0.05) is 25.0 Å². The number of amides is 1. The number of hydrogen-bond acceptors (Lipinski definition) is 7. The summed E-state index contributed by atoms with van der Waals surface area (Å²) in [5.74, 6) is -0.317. The van der Waals surface area contributed by atoms with Crippen LogP contribution in [0.3, 0.4) is 0 Å². The first-order valence-corrected chi connectivity index (χ1v) is 14.0. The Labute approximate surface area is 202 Å². The van der Waals surface area contributed by atoms with Gasteiger partial charge in [0.25, 0.3) is 5.56 Å². The van der Waals surface area contributed by atoms with E-state index in [-0.39, 0.29) is 15.9 Å². The van der Waals surface area contributed by atoms with Crippen LogP contribution in [0.1, 0.15) is 62.2 Å². The SMILES string of the molecule is Cc1c(S(=O)(=O)C2CCCC2)cc(=O)n(C(CC2CCOCC2)C(=O)Nc2ncc(F)s2)c1C. The van der Waals surface area contributed by atoms with Crippen molar-refractivity contribution in [1.82, 2.24) is 9.55 Å². The van der Waals surface area contributed by atoms with Crippen molar-refractivity contribution in [2.24, 2.45) is 5.92 Å². The smallest absolute Gasteiger partial charge is 0.252 e. The Kier molecular flexibility index (Phi) is 7.54. The number of hydrogen-bond donors (Lipinski definition) is 1. The number of halogens is 1. The van der Waals surface area contributed by atoms with Crippen LogP contribution >= 0.6 is 11.3 Å². The molecule has 186 valence electrons. The lowest BCUT2D eigenvalue weighted by Crippen LogP contribution is -2.37. The third-order valence-corrected chi connectivity index (χ3v) is 10.1. The lowest BCUT2D eigenvalue weighted by Gasteiger charge is -2.29. The number of thiazole rings is 1. The van der Waals surface area contributed by atoms with E-state index in [4.69, 9.17) is 4.74 Å². The summed E-state index contributed by atoms with van der Waals surface area (Å²) in [6.07, 6.45) is 5.86. The van der Waals surface area contributed by atoms with Gasteiger partial charge in [-0.1, -0.05) is 24.2 Å². The Hall–Kier alpha value is -2.11. The summed E-state index contributed by atoms with van der Waals surface area (Å²) in [6.45, 7) is 4.54. The maximum Gasteiger partial charge on any atom is 0.252 e. The molecule has 2 aromatic heterocycles. The number of rotatable bonds is 7. The summed E-state index contributed by atoms with van der Waals surface area (Å²) in [5.41, 5.74) is 0.398. The third kappa shape index (κ3) is 5.11. The molecule has 0 radical (unpaired) electrons. The van der Waals surface area contributed by atoms with E-state index < -0.39 is 37.7 Å². The molecular formula is C23H30FN3O5S2. The largest absolute Gasteiger partial charge is 0.381 e. The molecule has 1 N–H and O–H groups in total. The summed E-state index contributed by atoms with van der Waals surface area (Å²) in [7, 11) is -3.63. The standard InChI is InChI=1S/C23H30FN3O5S2/c1-14-15(2)27(21(28)12-19(14)34(30,31)17-5-3-4-6-17)18(11-16-7-9-32-10-8-16)22(29)26-23-25-13-20(24)33-23/h12-13,16-18H,3-11H2,1-2H3,(H,25,26,29). The van der Waals surface area contributed by atoms with E-state index >= 15 is 0 Å². The average molecular weight is 512 g/mol. The molecule has 1 aliphatic carbocycles. The topological polar surface area (TPSA) is 107 Å². The number of carbonyl (C=O) groups is 1. The fraction of sp³-hybridized carbons (Fsp3) is 0.609. The minimum absolute atomic E-state index is 0.0605. The maximum atomic E-state index is 13.4. The normalized spacial score (nSPS) is 18.8. The highest BCUT2D eigenvalue weighted by molar-refractivity contribution is 7.92. The molecule has 1 atom stereocenters. The minimum Gasteiger partial charge on any atom is -0.381 e. The lowest BCUT2D eigenvalue weighted by atomic mass is 9.91. The van der Waals surface area contributed by atoms with Crippen molar-refractivity contribution in [1.29, 1.82) is 0 Å². The number of pyridine rings is 1. The van der Waals surface area contributed by atoms with Gasteiger partial charge in [-0.25, -0.2) is 13.4 Å². The van der Waals surface area contributed by atoms with Crippen LogP contribution in [0.2, 0.25) is 0 Å². The van der Waals surface area contributed by atoms with Crippen molar-refractivity contribution in [3.63, 3.8) is 0 Å². The zero-order valence-electron chi connectivity index (χ0n) is 19.4. The van der Waals surface area contributed by atoms with E-state index in [9.17, 15) is 22.4 Å². The molecule has 2 aliphatic rings. The molecule has 4 rings (SSSR count). The fourth-order valence-electron chi connectivity index (χ4n) is 5.00. The highest BCUT2D eigenvalue weighted by Crippen LogP contribution is 2.33. The zero-order chi connectivity index (χ0) is 24.5. The van der Waals surface area contributed by atoms with Crippen molar-refractivity contribution in [2.75, 3.05) is 18.5 Å². The molecule has 3 heterocycles. The molecule has 8 nitrogen and oxygen atoms in total. The van der Waals surface area contributed by atoms with Crippen LogP contribution in [0.15, 0.2) is 22.0 Å². The third-order valence-electron chi connectivity index (χ3n) is 7.03. The quantitative estimate of drug-likeness (QED) is 0.606. The molecule has 0 spiro atoms. The zero-order valence-corrected chi connectivity index (χ0v) is 21.0. The number of aromatic nitrogens is 2. The van der Waals surface area contributed by atoms with E-state index in [1.807, 2.05) is 0 Å². The van der Waals surface area contributed by atoms with Gasteiger partial charge in [0.2, 0.25) is 5.91 Å². The van der Waals surface area contributed by atoms with Gasteiger partial charge in [0.15, 0.2) is 20.1 Å². The van der Waals surface area contributed by atoms with Crippen LogP contribution in [0.25, 0.3) is 0 Å². The fourth-order valence-corrected chi connectivity index (χ4v) is 7.70. The molecule has 1 aliphatic heterocycles. The van der Waals surface area contributed by atoms with Gasteiger partial charge in [0.1, 0.15) is 6.04 Å². The number of ether oxygens (including phenoxy) is 1. The van der Waals surface area contributed by atoms with Crippen LogP contribution in [0.5, 0.6) is 0 Å². The van der Waals surface area contributed by atoms with Gasteiger partial charge < -0.3 is 14.6 Å². The van der Waals surface area contributed by atoms with Crippen LogP contribution in [-0.2, 0) is 19.4 Å². The number of nitrogens with one attached hydrogen (secondary N) is 1. The molecule has 0 aromatic carbocycles.